The van der Waals surface area contributed by atoms with Crippen LogP contribution < -0.4 is 0 Å². The molecule has 0 aromatic heterocycles. The molecular formula is C13H10ClF3O3S. The fourth-order valence-electron chi connectivity index (χ4n) is 1.76. The summed E-state index contributed by atoms with van der Waals surface area (Å²) in [6, 6.07) is 8.89. The average molecular weight is 339 g/mol. The van der Waals surface area contributed by atoms with Gasteiger partial charge in [-0.2, -0.15) is 21.6 Å². The number of benzene rings is 1. The van der Waals surface area contributed by atoms with Gasteiger partial charge in [-0.3, -0.25) is 0 Å². The van der Waals surface area contributed by atoms with Gasteiger partial charge >= 0.3 is 15.6 Å². The number of halogens is 4. The lowest BCUT2D eigenvalue weighted by Crippen LogP contribution is -2.26. The van der Waals surface area contributed by atoms with Crippen LogP contribution in [0.2, 0.25) is 0 Å². The summed E-state index contributed by atoms with van der Waals surface area (Å²) in [5, 5.41) is 0. The van der Waals surface area contributed by atoms with Crippen LogP contribution in [0.25, 0.3) is 0 Å². The van der Waals surface area contributed by atoms with Gasteiger partial charge in [-0.25, -0.2) is 0 Å². The highest BCUT2D eigenvalue weighted by Crippen LogP contribution is 2.39. The van der Waals surface area contributed by atoms with Crippen LogP contribution in [0.4, 0.5) is 13.2 Å². The molecule has 2 rings (SSSR count). The molecule has 1 atom stereocenters. The van der Waals surface area contributed by atoms with E-state index in [1.54, 1.807) is 30.3 Å². The molecule has 1 unspecified atom stereocenters. The molecule has 0 bridgehead atoms. The van der Waals surface area contributed by atoms with Crippen LogP contribution in [-0.4, -0.2) is 13.9 Å². The maximum Gasteiger partial charge on any atom is 0.534 e. The Balaban J connectivity index is 2.16. The number of alkyl halides is 4. The second-order valence-corrected chi connectivity index (χ2v) is 6.57. The van der Waals surface area contributed by atoms with E-state index >= 15 is 0 Å². The van der Waals surface area contributed by atoms with Crippen molar-refractivity contribution in [3.05, 3.63) is 59.9 Å². The van der Waals surface area contributed by atoms with Crippen LogP contribution in [0.5, 0.6) is 0 Å². The van der Waals surface area contributed by atoms with E-state index in [1.807, 2.05) is 0 Å². The van der Waals surface area contributed by atoms with Crippen LogP contribution in [0.1, 0.15) is 12.0 Å². The Morgan fingerprint density at radius 3 is 2.29 bits per heavy atom. The fourth-order valence-corrected chi connectivity index (χ4v) is 2.50. The van der Waals surface area contributed by atoms with Gasteiger partial charge in [0.1, 0.15) is 5.76 Å². The first-order chi connectivity index (χ1) is 9.64. The van der Waals surface area contributed by atoms with E-state index in [-0.39, 0.29) is 6.42 Å². The number of hydrogen-bond acceptors (Lipinski definition) is 3. The summed E-state index contributed by atoms with van der Waals surface area (Å²) < 4.78 is 62.5. The second kappa shape index (κ2) is 5.38. The molecule has 1 aromatic carbocycles. The van der Waals surface area contributed by atoms with Crippen molar-refractivity contribution in [2.45, 2.75) is 16.8 Å². The average Bonchev–Trinajstić information content (AvgIpc) is 2.41. The second-order valence-electron chi connectivity index (χ2n) is 4.36. The van der Waals surface area contributed by atoms with Crippen molar-refractivity contribution >= 4 is 21.7 Å². The van der Waals surface area contributed by atoms with E-state index in [1.165, 1.54) is 12.2 Å². The first-order valence-corrected chi connectivity index (χ1v) is 7.57. The molecule has 0 amide bonds. The minimum Gasteiger partial charge on any atom is -0.376 e. The molecule has 3 nitrogen and oxygen atoms in total. The highest BCUT2D eigenvalue weighted by Gasteiger charge is 2.49. The molecule has 0 fully saturated rings. The number of rotatable bonds is 3. The summed E-state index contributed by atoms with van der Waals surface area (Å²) in [7, 11) is -5.66. The Bertz CT molecular complexity index is 680. The normalized spacial score (nSPS) is 22.8. The van der Waals surface area contributed by atoms with E-state index in [9.17, 15) is 21.6 Å². The SMILES string of the molecule is O=S(=O)(OC1=CCC(Cl)(c2ccccc2)C=C1)C(F)(F)F. The maximum absolute atomic E-state index is 12.2. The minimum atomic E-state index is -5.66. The van der Waals surface area contributed by atoms with E-state index in [0.717, 1.165) is 11.6 Å². The summed E-state index contributed by atoms with van der Waals surface area (Å²) in [6.07, 6.45) is 3.85. The largest absolute Gasteiger partial charge is 0.534 e. The van der Waals surface area contributed by atoms with Crippen LogP contribution >= 0.6 is 11.6 Å². The van der Waals surface area contributed by atoms with E-state index in [0.29, 0.717) is 0 Å². The van der Waals surface area contributed by atoms with Crippen LogP contribution in [0, 0.1) is 0 Å². The summed E-state index contributed by atoms with van der Waals surface area (Å²) in [5.41, 5.74) is -4.71. The Kier molecular flexibility index (Phi) is 4.08. The van der Waals surface area contributed by atoms with Crippen LogP contribution in [0.15, 0.2) is 54.3 Å². The van der Waals surface area contributed by atoms with Gasteiger partial charge in [-0.15, -0.1) is 11.6 Å². The zero-order chi connectivity index (χ0) is 15.7. The first-order valence-electron chi connectivity index (χ1n) is 5.79. The Labute approximate surface area is 124 Å². The maximum atomic E-state index is 12.2. The molecule has 8 heteroatoms. The van der Waals surface area contributed by atoms with Gasteiger partial charge in [0.2, 0.25) is 0 Å². The highest BCUT2D eigenvalue weighted by molar-refractivity contribution is 7.87. The zero-order valence-electron chi connectivity index (χ0n) is 10.5. The quantitative estimate of drug-likeness (QED) is 0.478. The Hall–Kier alpha value is -1.47. The van der Waals surface area contributed by atoms with Gasteiger partial charge in [-0.1, -0.05) is 36.4 Å². The molecule has 114 valence electrons. The van der Waals surface area contributed by atoms with Crippen LogP contribution in [0.3, 0.4) is 0 Å². The van der Waals surface area contributed by atoms with Crippen molar-refractivity contribution in [1.82, 2.24) is 0 Å². The van der Waals surface area contributed by atoms with Crippen LogP contribution in [-0.2, 0) is 19.2 Å². The van der Waals surface area contributed by atoms with Crippen molar-refractivity contribution in [1.29, 1.82) is 0 Å². The number of allylic oxidation sites excluding steroid dienone is 3. The van der Waals surface area contributed by atoms with Gasteiger partial charge in [-0.05, 0) is 24.1 Å². The first kappa shape index (κ1) is 15.9. The molecule has 1 aliphatic rings. The minimum absolute atomic E-state index is 0.109. The van der Waals surface area contributed by atoms with Crippen molar-refractivity contribution < 1.29 is 25.8 Å². The molecule has 0 heterocycles. The topological polar surface area (TPSA) is 43.4 Å². The van der Waals surface area contributed by atoms with Gasteiger partial charge in [0.25, 0.3) is 0 Å². The molecule has 1 aliphatic carbocycles. The summed E-state index contributed by atoms with van der Waals surface area (Å²) in [6.45, 7) is 0. The third-order valence-electron chi connectivity index (χ3n) is 2.86. The van der Waals surface area contributed by atoms with Gasteiger partial charge < -0.3 is 4.18 Å². The van der Waals surface area contributed by atoms with Crippen molar-refractivity contribution in [3.8, 4) is 0 Å². The van der Waals surface area contributed by atoms with Crippen molar-refractivity contribution in [2.24, 2.45) is 0 Å². The fraction of sp³-hybridized carbons (Fsp3) is 0.231. The molecule has 0 saturated carbocycles. The lowest BCUT2D eigenvalue weighted by atomic mass is 9.91. The smallest absolute Gasteiger partial charge is 0.376 e. The lowest BCUT2D eigenvalue weighted by molar-refractivity contribution is -0.0520. The molecular weight excluding hydrogens is 329 g/mol. The molecule has 0 aliphatic heterocycles. The molecule has 0 saturated heterocycles. The van der Waals surface area contributed by atoms with E-state index in [2.05, 4.69) is 4.18 Å². The lowest BCUT2D eigenvalue weighted by Gasteiger charge is -2.25. The van der Waals surface area contributed by atoms with Gasteiger partial charge in [0.15, 0.2) is 0 Å². The Morgan fingerprint density at radius 2 is 1.81 bits per heavy atom. The Morgan fingerprint density at radius 1 is 1.19 bits per heavy atom. The van der Waals surface area contributed by atoms with E-state index in [4.69, 9.17) is 11.6 Å². The van der Waals surface area contributed by atoms with E-state index < -0.39 is 26.3 Å². The zero-order valence-corrected chi connectivity index (χ0v) is 12.0. The van der Waals surface area contributed by atoms with Gasteiger partial charge in [0, 0.05) is 0 Å². The molecule has 0 N–H and O–H groups in total. The summed E-state index contributed by atoms with van der Waals surface area (Å²) in [5.74, 6) is -0.403. The number of hydrogen-bond donors (Lipinski definition) is 0. The van der Waals surface area contributed by atoms with Crippen molar-refractivity contribution in [3.63, 3.8) is 0 Å². The predicted molar refractivity (Wildman–Crippen MR) is 71.9 cm³/mol. The highest BCUT2D eigenvalue weighted by atomic mass is 35.5. The molecule has 21 heavy (non-hydrogen) atoms. The summed E-state index contributed by atoms with van der Waals surface area (Å²) in [4.78, 5) is -0.934. The third kappa shape index (κ3) is 3.41. The van der Waals surface area contributed by atoms with Crippen molar-refractivity contribution in [2.75, 3.05) is 0 Å². The third-order valence-corrected chi connectivity index (χ3v) is 4.33. The standard InChI is InChI=1S/C13H10ClF3O3S/c14-12(10-4-2-1-3-5-10)8-6-11(7-9-12)20-21(18,19)13(15,16)17/h1-8H,9H2. The molecule has 1 aromatic rings. The molecule has 0 radical (unpaired) electrons. The summed E-state index contributed by atoms with van der Waals surface area (Å²) >= 11 is 6.37. The molecule has 0 spiro atoms. The van der Waals surface area contributed by atoms with Gasteiger partial charge in [0.05, 0.1) is 4.87 Å². The monoisotopic (exact) mass is 338 g/mol. The predicted octanol–water partition coefficient (Wildman–Crippen LogP) is 3.83.